The lowest BCUT2D eigenvalue weighted by molar-refractivity contribution is 0.608. The van der Waals surface area contributed by atoms with Gasteiger partial charge in [0, 0.05) is 11.1 Å². The monoisotopic (exact) mass is 329 g/mol. The Balaban J connectivity index is 1.70. The van der Waals surface area contributed by atoms with Crippen LogP contribution in [0.2, 0.25) is 0 Å². The minimum atomic E-state index is 0.878. The highest BCUT2D eigenvalue weighted by molar-refractivity contribution is 6.25. The normalized spacial score (nSPS) is 11.9. The number of nitrogens with two attached hydrogens (primary N) is 1. The minimum absolute atomic E-state index is 0.878. The first kappa shape index (κ1) is 16.2. The van der Waals surface area contributed by atoms with Crippen LogP contribution in [-0.2, 0) is 6.42 Å². The zero-order valence-corrected chi connectivity index (χ0v) is 15.1. The summed E-state index contributed by atoms with van der Waals surface area (Å²) < 4.78 is 0. The molecule has 25 heavy (non-hydrogen) atoms. The Kier molecular flexibility index (Phi) is 4.48. The maximum Gasteiger partial charge on any atom is 0.0394 e. The van der Waals surface area contributed by atoms with Crippen LogP contribution in [-0.4, -0.2) is 0 Å². The van der Waals surface area contributed by atoms with Gasteiger partial charge in [-0.2, -0.15) is 0 Å². The number of unbranched alkanes of at least 4 members (excludes halogenated alkanes) is 5. The average molecular weight is 329 g/mol. The van der Waals surface area contributed by atoms with Crippen molar-refractivity contribution < 1.29 is 0 Å². The fourth-order valence-electron chi connectivity index (χ4n) is 4.20. The van der Waals surface area contributed by atoms with Crippen LogP contribution in [0.15, 0.2) is 48.5 Å². The maximum atomic E-state index is 6.24. The van der Waals surface area contributed by atoms with E-state index in [-0.39, 0.29) is 0 Å². The van der Waals surface area contributed by atoms with E-state index in [0.29, 0.717) is 0 Å². The Hall–Kier alpha value is -2.28. The summed E-state index contributed by atoms with van der Waals surface area (Å²) in [4.78, 5) is 0. The van der Waals surface area contributed by atoms with Crippen LogP contribution >= 0.6 is 0 Å². The van der Waals surface area contributed by atoms with Gasteiger partial charge in [-0.25, -0.2) is 0 Å². The summed E-state index contributed by atoms with van der Waals surface area (Å²) in [5, 5.41) is 7.94. The topological polar surface area (TPSA) is 26.0 Å². The molecular formula is C24H27N. The van der Waals surface area contributed by atoms with Crippen molar-refractivity contribution in [2.24, 2.45) is 0 Å². The summed E-state index contributed by atoms with van der Waals surface area (Å²) in [6, 6.07) is 17.8. The lowest BCUT2D eigenvalue weighted by Gasteiger charge is -2.15. The number of nitrogen functional groups attached to an aromatic ring is 1. The highest BCUT2D eigenvalue weighted by Crippen LogP contribution is 2.38. The molecule has 0 saturated heterocycles. The Morgan fingerprint density at radius 1 is 0.640 bits per heavy atom. The molecule has 0 fully saturated rings. The number of hydrogen-bond donors (Lipinski definition) is 1. The predicted molar refractivity (Wildman–Crippen MR) is 112 cm³/mol. The second kappa shape index (κ2) is 6.92. The summed E-state index contributed by atoms with van der Waals surface area (Å²) >= 11 is 0. The molecule has 1 nitrogen and oxygen atoms in total. The average Bonchev–Trinajstić information content (AvgIpc) is 2.65. The molecule has 1 heteroatoms. The van der Waals surface area contributed by atoms with E-state index in [1.807, 2.05) is 6.07 Å². The summed E-state index contributed by atoms with van der Waals surface area (Å²) in [7, 11) is 0. The first-order chi connectivity index (χ1) is 12.3. The van der Waals surface area contributed by atoms with E-state index in [0.717, 1.165) is 5.69 Å². The van der Waals surface area contributed by atoms with Gasteiger partial charge in [0.1, 0.15) is 0 Å². The van der Waals surface area contributed by atoms with Gasteiger partial charge in [0.2, 0.25) is 0 Å². The Labute approximate surface area is 150 Å². The summed E-state index contributed by atoms with van der Waals surface area (Å²) in [5.41, 5.74) is 8.61. The third kappa shape index (κ3) is 2.93. The van der Waals surface area contributed by atoms with Gasteiger partial charge in [-0.15, -0.1) is 0 Å². The quantitative estimate of drug-likeness (QED) is 0.219. The third-order valence-electron chi connectivity index (χ3n) is 5.59. The van der Waals surface area contributed by atoms with E-state index in [9.17, 15) is 0 Å². The van der Waals surface area contributed by atoms with Crippen LogP contribution in [0.3, 0.4) is 0 Å². The molecular weight excluding hydrogens is 302 g/mol. The SMILES string of the molecule is CCCCCCCCc1ccc2ccc3c(N)ccc4ccc1c2c43. The van der Waals surface area contributed by atoms with Crippen molar-refractivity contribution in [3.05, 3.63) is 54.1 Å². The van der Waals surface area contributed by atoms with Gasteiger partial charge < -0.3 is 5.73 Å². The van der Waals surface area contributed by atoms with E-state index in [2.05, 4.69) is 49.4 Å². The zero-order chi connectivity index (χ0) is 17.2. The van der Waals surface area contributed by atoms with Crippen molar-refractivity contribution in [1.29, 1.82) is 0 Å². The van der Waals surface area contributed by atoms with Crippen molar-refractivity contribution in [2.45, 2.75) is 51.9 Å². The van der Waals surface area contributed by atoms with Crippen molar-refractivity contribution in [3.63, 3.8) is 0 Å². The van der Waals surface area contributed by atoms with E-state index in [1.54, 1.807) is 0 Å². The van der Waals surface area contributed by atoms with Crippen molar-refractivity contribution in [2.75, 3.05) is 5.73 Å². The third-order valence-corrected chi connectivity index (χ3v) is 5.59. The lowest BCUT2D eigenvalue weighted by Crippen LogP contribution is -1.93. The van der Waals surface area contributed by atoms with Crippen LogP contribution in [0.1, 0.15) is 51.0 Å². The molecule has 4 aromatic carbocycles. The number of benzene rings is 4. The molecule has 0 aliphatic rings. The lowest BCUT2D eigenvalue weighted by atomic mass is 9.90. The number of aryl methyl sites for hydroxylation is 1. The standard InChI is InChI=1S/C24H27N/c1-2-3-4-5-6-7-8-17-9-10-18-12-15-21-22(25)16-13-19-11-14-20(17)23(18)24(19)21/h9-16H,2-8,25H2,1H3. The molecule has 128 valence electrons. The molecule has 0 aliphatic carbocycles. The molecule has 0 spiro atoms. The Bertz CT molecular complexity index is 999. The molecule has 2 N–H and O–H groups in total. The molecule has 0 atom stereocenters. The fraction of sp³-hybridized carbons (Fsp3) is 0.333. The van der Waals surface area contributed by atoms with Gasteiger partial charge in [0.05, 0.1) is 0 Å². The molecule has 0 saturated carbocycles. The molecule has 0 heterocycles. The summed E-state index contributed by atoms with van der Waals surface area (Å²) in [6.45, 7) is 2.28. The summed E-state index contributed by atoms with van der Waals surface area (Å²) in [5.74, 6) is 0. The summed E-state index contributed by atoms with van der Waals surface area (Å²) in [6.07, 6.45) is 9.25. The molecule has 0 bridgehead atoms. The highest BCUT2D eigenvalue weighted by atomic mass is 14.5. The van der Waals surface area contributed by atoms with Gasteiger partial charge in [-0.05, 0) is 51.4 Å². The maximum absolute atomic E-state index is 6.24. The predicted octanol–water partition coefficient (Wildman–Crippen LogP) is 7.07. The second-order valence-corrected chi connectivity index (χ2v) is 7.32. The van der Waals surface area contributed by atoms with Crippen molar-refractivity contribution in [3.8, 4) is 0 Å². The molecule has 4 rings (SSSR count). The van der Waals surface area contributed by atoms with Gasteiger partial charge >= 0.3 is 0 Å². The van der Waals surface area contributed by atoms with Crippen LogP contribution in [0.5, 0.6) is 0 Å². The molecule has 0 aliphatic heterocycles. The smallest absolute Gasteiger partial charge is 0.0394 e. The number of rotatable bonds is 7. The van der Waals surface area contributed by atoms with Crippen LogP contribution in [0.4, 0.5) is 5.69 Å². The van der Waals surface area contributed by atoms with Crippen LogP contribution < -0.4 is 5.73 Å². The molecule has 0 aromatic heterocycles. The van der Waals surface area contributed by atoms with Gasteiger partial charge in [-0.3, -0.25) is 0 Å². The number of hydrogen-bond acceptors (Lipinski definition) is 1. The molecule has 0 radical (unpaired) electrons. The van der Waals surface area contributed by atoms with E-state index >= 15 is 0 Å². The largest absolute Gasteiger partial charge is 0.398 e. The van der Waals surface area contributed by atoms with Crippen LogP contribution in [0.25, 0.3) is 32.3 Å². The van der Waals surface area contributed by atoms with Gasteiger partial charge in [-0.1, -0.05) is 81.5 Å². The minimum Gasteiger partial charge on any atom is -0.398 e. The first-order valence-electron chi connectivity index (χ1n) is 9.74. The van der Waals surface area contributed by atoms with E-state index < -0.39 is 0 Å². The van der Waals surface area contributed by atoms with Crippen molar-refractivity contribution >= 4 is 38.0 Å². The molecule has 0 amide bonds. The Morgan fingerprint density at radius 2 is 1.24 bits per heavy atom. The van der Waals surface area contributed by atoms with Crippen LogP contribution in [0, 0.1) is 0 Å². The van der Waals surface area contributed by atoms with Crippen molar-refractivity contribution in [1.82, 2.24) is 0 Å². The zero-order valence-electron chi connectivity index (χ0n) is 15.1. The van der Waals surface area contributed by atoms with E-state index in [4.69, 9.17) is 5.73 Å². The van der Waals surface area contributed by atoms with E-state index in [1.165, 1.54) is 82.8 Å². The molecule has 4 aromatic rings. The highest BCUT2D eigenvalue weighted by Gasteiger charge is 2.11. The first-order valence-corrected chi connectivity index (χ1v) is 9.74. The van der Waals surface area contributed by atoms with Gasteiger partial charge in [0.15, 0.2) is 0 Å². The number of anilines is 1. The molecule has 0 unspecified atom stereocenters. The van der Waals surface area contributed by atoms with Gasteiger partial charge in [0.25, 0.3) is 0 Å². The Morgan fingerprint density at radius 3 is 2.04 bits per heavy atom. The second-order valence-electron chi connectivity index (χ2n) is 7.32. The fourth-order valence-corrected chi connectivity index (χ4v) is 4.20.